The Bertz CT molecular complexity index is 555. The second kappa shape index (κ2) is 6.04. The maximum atomic E-state index is 12.6. The first-order valence-corrected chi connectivity index (χ1v) is 7.23. The van der Waals surface area contributed by atoms with Crippen LogP contribution in [0.2, 0.25) is 0 Å². The fraction of sp³-hybridized carbons (Fsp3) is 0.316. The zero-order valence-corrected chi connectivity index (χ0v) is 12.7. The summed E-state index contributed by atoms with van der Waals surface area (Å²) in [6, 6.07) is 15.9. The van der Waals surface area contributed by atoms with Crippen molar-refractivity contribution in [3.63, 3.8) is 0 Å². The topological polar surface area (TPSA) is 17.1 Å². The van der Waals surface area contributed by atoms with Gasteiger partial charge in [-0.1, -0.05) is 64.1 Å². The van der Waals surface area contributed by atoms with E-state index in [1.54, 1.807) is 0 Å². The number of carbonyl (C=O) groups is 1. The molecule has 0 amide bonds. The minimum absolute atomic E-state index is 0.106. The number of hydrogen-bond donors (Lipinski definition) is 0. The van der Waals surface area contributed by atoms with Crippen LogP contribution in [-0.4, -0.2) is 5.78 Å². The van der Waals surface area contributed by atoms with Crippen LogP contribution in [0.15, 0.2) is 48.5 Å². The average Bonchev–Trinajstić information content (AvgIpc) is 2.46. The molecule has 2 aromatic rings. The molecule has 0 radical (unpaired) electrons. The summed E-state index contributed by atoms with van der Waals surface area (Å²) < 4.78 is 0. The molecule has 0 fully saturated rings. The summed E-state index contributed by atoms with van der Waals surface area (Å²) in [5, 5.41) is 0. The molecule has 0 N–H and O–H groups in total. The lowest BCUT2D eigenvalue weighted by Crippen LogP contribution is -2.03. The van der Waals surface area contributed by atoms with Gasteiger partial charge in [-0.15, -0.1) is 0 Å². The number of benzene rings is 2. The van der Waals surface area contributed by atoms with E-state index in [2.05, 4.69) is 39.8 Å². The molecule has 2 rings (SSSR count). The Morgan fingerprint density at radius 1 is 0.750 bits per heavy atom. The normalized spacial score (nSPS) is 11.1. The molecule has 1 heteroatoms. The Labute approximate surface area is 121 Å². The molecule has 0 aliphatic carbocycles. The van der Waals surface area contributed by atoms with Gasteiger partial charge in [0.15, 0.2) is 5.78 Å². The largest absolute Gasteiger partial charge is 0.289 e. The predicted molar refractivity (Wildman–Crippen MR) is 84.5 cm³/mol. The molecule has 0 heterocycles. The lowest BCUT2D eigenvalue weighted by Gasteiger charge is -2.10. The van der Waals surface area contributed by atoms with Crippen LogP contribution in [0.5, 0.6) is 0 Å². The summed E-state index contributed by atoms with van der Waals surface area (Å²) >= 11 is 0. The molecule has 0 aliphatic rings. The summed E-state index contributed by atoms with van der Waals surface area (Å²) in [5.41, 5.74) is 3.96. The van der Waals surface area contributed by atoms with Gasteiger partial charge in [-0.05, 0) is 35.1 Å². The van der Waals surface area contributed by atoms with Crippen LogP contribution >= 0.6 is 0 Å². The molecule has 1 nitrogen and oxygen atoms in total. The second-order valence-electron chi connectivity index (χ2n) is 5.89. The van der Waals surface area contributed by atoms with E-state index in [0.29, 0.717) is 11.8 Å². The first-order valence-electron chi connectivity index (χ1n) is 7.23. The van der Waals surface area contributed by atoms with Gasteiger partial charge in [-0.3, -0.25) is 4.79 Å². The third-order valence-corrected chi connectivity index (χ3v) is 3.63. The summed E-state index contributed by atoms with van der Waals surface area (Å²) in [6.07, 6.45) is 0. The molecule has 0 aromatic heterocycles. The molecule has 0 unspecified atom stereocenters. The standard InChI is InChI=1S/C19H22O/c1-13(2)15-7-5-9-17(11-15)19(20)18-10-6-8-16(12-18)14(3)4/h5-14H,1-4H3. The number of hydrogen-bond acceptors (Lipinski definition) is 1. The Morgan fingerprint density at radius 2 is 1.15 bits per heavy atom. The zero-order valence-electron chi connectivity index (χ0n) is 12.7. The third kappa shape index (κ3) is 3.16. The van der Waals surface area contributed by atoms with Crippen LogP contribution in [0, 0.1) is 0 Å². The lowest BCUT2D eigenvalue weighted by molar-refractivity contribution is 0.103. The van der Waals surface area contributed by atoms with E-state index in [0.717, 1.165) is 11.1 Å². The molecular weight excluding hydrogens is 244 g/mol. The average molecular weight is 266 g/mol. The molecule has 0 atom stereocenters. The van der Waals surface area contributed by atoms with E-state index >= 15 is 0 Å². The van der Waals surface area contributed by atoms with Crippen molar-refractivity contribution >= 4 is 5.78 Å². The molecule has 0 bridgehead atoms. The first kappa shape index (κ1) is 14.5. The van der Waals surface area contributed by atoms with E-state index in [-0.39, 0.29) is 5.78 Å². The van der Waals surface area contributed by atoms with E-state index < -0.39 is 0 Å². The van der Waals surface area contributed by atoms with Crippen molar-refractivity contribution in [2.24, 2.45) is 0 Å². The minimum atomic E-state index is 0.106. The van der Waals surface area contributed by atoms with Crippen molar-refractivity contribution in [1.29, 1.82) is 0 Å². The van der Waals surface area contributed by atoms with Crippen molar-refractivity contribution in [3.8, 4) is 0 Å². The maximum Gasteiger partial charge on any atom is 0.193 e. The van der Waals surface area contributed by atoms with E-state index in [1.807, 2.05) is 36.4 Å². The van der Waals surface area contributed by atoms with Crippen molar-refractivity contribution in [2.45, 2.75) is 39.5 Å². The van der Waals surface area contributed by atoms with Crippen molar-refractivity contribution in [2.75, 3.05) is 0 Å². The van der Waals surface area contributed by atoms with E-state index in [9.17, 15) is 4.79 Å². The van der Waals surface area contributed by atoms with Gasteiger partial charge in [0, 0.05) is 11.1 Å². The van der Waals surface area contributed by atoms with Gasteiger partial charge in [-0.25, -0.2) is 0 Å². The van der Waals surface area contributed by atoms with Crippen molar-refractivity contribution in [1.82, 2.24) is 0 Å². The molecule has 104 valence electrons. The predicted octanol–water partition coefficient (Wildman–Crippen LogP) is 5.16. The number of rotatable bonds is 4. The maximum absolute atomic E-state index is 12.6. The van der Waals surface area contributed by atoms with Crippen LogP contribution in [-0.2, 0) is 0 Å². The van der Waals surface area contributed by atoms with Gasteiger partial charge in [0.05, 0.1) is 0 Å². The summed E-state index contributed by atoms with van der Waals surface area (Å²) in [7, 11) is 0. The van der Waals surface area contributed by atoms with Gasteiger partial charge in [0.1, 0.15) is 0 Å². The van der Waals surface area contributed by atoms with Gasteiger partial charge in [0.25, 0.3) is 0 Å². The SMILES string of the molecule is CC(C)c1cccc(C(=O)c2cccc(C(C)C)c2)c1. The molecular formula is C19H22O. The molecule has 20 heavy (non-hydrogen) atoms. The monoisotopic (exact) mass is 266 g/mol. The molecule has 0 saturated carbocycles. The highest BCUT2D eigenvalue weighted by atomic mass is 16.1. The Kier molecular flexibility index (Phi) is 4.39. The number of ketones is 1. The van der Waals surface area contributed by atoms with Crippen molar-refractivity contribution < 1.29 is 4.79 Å². The second-order valence-corrected chi connectivity index (χ2v) is 5.89. The summed E-state index contributed by atoms with van der Waals surface area (Å²) in [6.45, 7) is 8.57. The summed E-state index contributed by atoms with van der Waals surface area (Å²) in [5.74, 6) is 0.976. The van der Waals surface area contributed by atoms with Gasteiger partial charge < -0.3 is 0 Å². The third-order valence-electron chi connectivity index (χ3n) is 3.63. The zero-order chi connectivity index (χ0) is 14.7. The molecule has 0 spiro atoms. The summed E-state index contributed by atoms with van der Waals surface area (Å²) in [4.78, 5) is 12.6. The Morgan fingerprint density at radius 3 is 1.50 bits per heavy atom. The van der Waals surface area contributed by atoms with Gasteiger partial charge in [0.2, 0.25) is 0 Å². The van der Waals surface area contributed by atoms with Crippen LogP contribution in [0.3, 0.4) is 0 Å². The van der Waals surface area contributed by atoms with Crippen LogP contribution in [0.1, 0.15) is 66.6 Å². The highest BCUT2D eigenvalue weighted by molar-refractivity contribution is 6.09. The minimum Gasteiger partial charge on any atom is -0.289 e. The highest BCUT2D eigenvalue weighted by Crippen LogP contribution is 2.20. The van der Waals surface area contributed by atoms with Crippen molar-refractivity contribution in [3.05, 3.63) is 70.8 Å². The smallest absolute Gasteiger partial charge is 0.193 e. The fourth-order valence-corrected chi connectivity index (χ4v) is 2.24. The van der Waals surface area contributed by atoms with E-state index in [1.165, 1.54) is 11.1 Å². The van der Waals surface area contributed by atoms with Crippen LogP contribution < -0.4 is 0 Å². The van der Waals surface area contributed by atoms with Crippen LogP contribution in [0.25, 0.3) is 0 Å². The van der Waals surface area contributed by atoms with Crippen LogP contribution in [0.4, 0.5) is 0 Å². The Hall–Kier alpha value is -1.89. The Balaban J connectivity index is 2.36. The molecule has 2 aromatic carbocycles. The number of carbonyl (C=O) groups excluding carboxylic acids is 1. The van der Waals surface area contributed by atoms with Gasteiger partial charge >= 0.3 is 0 Å². The van der Waals surface area contributed by atoms with Gasteiger partial charge in [-0.2, -0.15) is 0 Å². The molecule has 0 saturated heterocycles. The lowest BCUT2D eigenvalue weighted by atomic mass is 9.94. The highest BCUT2D eigenvalue weighted by Gasteiger charge is 2.11. The fourth-order valence-electron chi connectivity index (χ4n) is 2.24. The molecule has 0 aliphatic heterocycles. The quantitative estimate of drug-likeness (QED) is 0.698. The van der Waals surface area contributed by atoms with E-state index in [4.69, 9.17) is 0 Å². The first-order chi connectivity index (χ1) is 9.49.